The van der Waals surface area contributed by atoms with Gasteiger partial charge in [0.15, 0.2) is 0 Å². The molecule has 0 fully saturated rings. The Balaban J connectivity index is 2.05. The molecule has 0 radical (unpaired) electrons. The van der Waals surface area contributed by atoms with Crippen LogP contribution in [0.15, 0.2) is 32.8 Å². The van der Waals surface area contributed by atoms with Crippen molar-refractivity contribution in [3.8, 4) is 0 Å². The third kappa shape index (κ3) is 2.99. The van der Waals surface area contributed by atoms with Crippen LogP contribution in [-0.2, 0) is 6.54 Å². The molecular weight excluding hydrogens is 342 g/mol. The standard InChI is InChI=1S/C9H7Br2N3S/c10-6-3-7(11)9(13-4-6)14-5-8-12-1-2-15-8/h1-4H,5H2,(H,13,14). The lowest BCUT2D eigenvalue weighted by molar-refractivity contribution is 1.07. The quantitative estimate of drug-likeness (QED) is 0.919. The molecule has 1 N–H and O–H groups in total. The summed E-state index contributed by atoms with van der Waals surface area (Å²) in [5, 5.41) is 6.22. The highest BCUT2D eigenvalue weighted by Gasteiger charge is 2.02. The van der Waals surface area contributed by atoms with Crippen LogP contribution in [0.3, 0.4) is 0 Å². The third-order valence-electron chi connectivity index (χ3n) is 1.70. The maximum absolute atomic E-state index is 4.25. The van der Waals surface area contributed by atoms with Gasteiger partial charge in [-0.25, -0.2) is 9.97 Å². The van der Waals surface area contributed by atoms with E-state index in [1.54, 1.807) is 23.7 Å². The molecule has 3 nitrogen and oxygen atoms in total. The second-order valence-corrected chi connectivity index (χ2v) is 5.51. The molecule has 0 amide bonds. The Morgan fingerprint density at radius 2 is 2.20 bits per heavy atom. The fourth-order valence-corrected chi connectivity index (χ4v) is 2.73. The van der Waals surface area contributed by atoms with Gasteiger partial charge in [-0.05, 0) is 37.9 Å². The van der Waals surface area contributed by atoms with Gasteiger partial charge in [-0.15, -0.1) is 11.3 Å². The van der Waals surface area contributed by atoms with Crippen molar-refractivity contribution in [2.45, 2.75) is 6.54 Å². The first kappa shape index (κ1) is 11.0. The van der Waals surface area contributed by atoms with E-state index >= 15 is 0 Å². The summed E-state index contributed by atoms with van der Waals surface area (Å²) in [6.45, 7) is 0.699. The molecule has 2 heterocycles. The highest BCUT2D eigenvalue weighted by Crippen LogP contribution is 2.23. The highest BCUT2D eigenvalue weighted by atomic mass is 79.9. The molecule has 78 valence electrons. The summed E-state index contributed by atoms with van der Waals surface area (Å²) in [7, 11) is 0. The number of hydrogen-bond acceptors (Lipinski definition) is 4. The van der Waals surface area contributed by atoms with Crippen molar-refractivity contribution in [1.82, 2.24) is 9.97 Å². The maximum atomic E-state index is 4.25. The summed E-state index contributed by atoms with van der Waals surface area (Å²) in [6, 6.07) is 1.96. The summed E-state index contributed by atoms with van der Waals surface area (Å²) in [5.41, 5.74) is 0. The van der Waals surface area contributed by atoms with Gasteiger partial charge >= 0.3 is 0 Å². The van der Waals surface area contributed by atoms with Crippen LogP contribution in [-0.4, -0.2) is 9.97 Å². The topological polar surface area (TPSA) is 37.8 Å². The lowest BCUT2D eigenvalue weighted by Gasteiger charge is -2.05. The molecule has 0 aliphatic carbocycles. The van der Waals surface area contributed by atoms with Gasteiger partial charge in [0.05, 0.1) is 11.0 Å². The Labute approximate surface area is 108 Å². The molecule has 0 spiro atoms. The zero-order valence-corrected chi connectivity index (χ0v) is 11.6. The minimum absolute atomic E-state index is 0.699. The van der Waals surface area contributed by atoms with E-state index in [-0.39, 0.29) is 0 Å². The molecule has 0 unspecified atom stereocenters. The number of rotatable bonds is 3. The molecule has 2 aromatic heterocycles. The fraction of sp³-hybridized carbons (Fsp3) is 0.111. The second-order valence-electron chi connectivity index (χ2n) is 2.76. The van der Waals surface area contributed by atoms with Crippen LogP contribution in [0, 0.1) is 0 Å². The molecule has 0 aliphatic rings. The largest absolute Gasteiger partial charge is 0.363 e. The normalized spacial score (nSPS) is 10.3. The summed E-state index contributed by atoms with van der Waals surface area (Å²) in [4.78, 5) is 8.43. The SMILES string of the molecule is Brc1cnc(NCc2nccs2)c(Br)c1. The first-order valence-electron chi connectivity index (χ1n) is 4.19. The zero-order chi connectivity index (χ0) is 10.7. The summed E-state index contributed by atoms with van der Waals surface area (Å²) in [6.07, 6.45) is 3.56. The van der Waals surface area contributed by atoms with Crippen molar-refractivity contribution in [1.29, 1.82) is 0 Å². The smallest absolute Gasteiger partial charge is 0.140 e. The number of thiazole rings is 1. The minimum atomic E-state index is 0.699. The summed E-state index contributed by atoms with van der Waals surface area (Å²) < 4.78 is 1.89. The number of nitrogens with one attached hydrogen (secondary N) is 1. The number of anilines is 1. The van der Waals surface area contributed by atoms with Crippen molar-refractivity contribution in [3.63, 3.8) is 0 Å². The van der Waals surface area contributed by atoms with E-state index in [2.05, 4.69) is 47.1 Å². The predicted molar refractivity (Wildman–Crippen MR) is 69.1 cm³/mol. The van der Waals surface area contributed by atoms with Crippen LogP contribution in [0.1, 0.15) is 5.01 Å². The van der Waals surface area contributed by atoms with Gasteiger partial charge in [-0.2, -0.15) is 0 Å². The van der Waals surface area contributed by atoms with Crippen LogP contribution in [0.5, 0.6) is 0 Å². The molecule has 0 atom stereocenters. The Bertz CT molecular complexity index is 445. The van der Waals surface area contributed by atoms with Crippen molar-refractivity contribution < 1.29 is 0 Å². The van der Waals surface area contributed by atoms with Crippen LogP contribution in [0.4, 0.5) is 5.82 Å². The first-order valence-corrected chi connectivity index (χ1v) is 6.65. The van der Waals surface area contributed by atoms with E-state index in [4.69, 9.17) is 0 Å². The molecule has 0 bridgehead atoms. The Morgan fingerprint density at radius 1 is 1.33 bits per heavy atom. The van der Waals surface area contributed by atoms with E-state index in [1.165, 1.54) is 0 Å². The van der Waals surface area contributed by atoms with Gasteiger partial charge in [-0.1, -0.05) is 0 Å². The molecule has 2 rings (SSSR count). The van der Waals surface area contributed by atoms with E-state index in [0.29, 0.717) is 6.54 Å². The average Bonchev–Trinajstić information content (AvgIpc) is 2.69. The molecule has 6 heteroatoms. The monoisotopic (exact) mass is 347 g/mol. The van der Waals surface area contributed by atoms with Crippen molar-refractivity contribution in [3.05, 3.63) is 37.8 Å². The third-order valence-corrected chi connectivity index (χ3v) is 3.52. The zero-order valence-electron chi connectivity index (χ0n) is 7.58. The van der Waals surface area contributed by atoms with Crippen LogP contribution < -0.4 is 5.32 Å². The van der Waals surface area contributed by atoms with Crippen LogP contribution >= 0.6 is 43.2 Å². The Morgan fingerprint density at radius 3 is 2.87 bits per heavy atom. The summed E-state index contributed by atoms with van der Waals surface area (Å²) >= 11 is 8.42. The molecule has 0 aliphatic heterocycles. The van der Waals surface area contributed by atoms with Crippen molar-refractivity contribution in [2.24, 2.45) is 0 Å². The van der Waals surface area contributed by atoms with E-state index in [9.17, 15) is 0 Å². The number of hydrogen-bond donors (Lipinski definition) is 1. The van der Waals surface area contributed by atoms with Crippen molar-refractivity contribution in [2.75, 3.05) is 5.32 Å². The molecule has 0 aromatic carbocycles. The predicted octanol–water partition coefficient (Wildman–Crippen LogP) is 3.68. The van der Waals surface area contributed by atoms with Crippen LogP contribution in [0.25, 0.3) is 0 Å². The van der Waals surface area contributed by atoms with Gasteiger partial charge in [0, 0.05) is 22.2 Å². The molecule has 15 heavy (non-hydrogen) atoms. The van der Waals surface area contributed by atoms with E-state index in [0.717, 1.165) is 19.8 Å². The van der Waals surface area contributed by atoms with Crippen molar-refractivity contribution >= 4 is 49.0 Å². The Kier molecular flexibility index (Phi) is 3.71. The molecular formula is C9H7Br2N3S. The minimum Gasteiger partial charge on any atom is -0.363 e. The second kappa shape index (κ2) is 5.05. The summed E-state index contributed by atoms with van der Waals surface area (Å²) in [5.74, 6) is 0.827. The van der Waals surface area contributed by atoms with Crippen LogP contribution in [0.2, 0.25) is 0 Å². The van der Waals surface area contributed by atoms with Gasteiger partial charge in [-0.3, -0.25) is 0 Å². The maximum Gasteiger partial charge on any atom is 0.140 e. The number of pyridine rings is 1. The number of halogens is 2. The van der Waals surface area contributed by atoms with Gasteiger partial charge in [0.1, 0.15) is 10.8 Å². The van der Waals surface area contributed by atoms with E-state index in [1.807, 2.05) is 11.4 Å². The van der Waals surface area contributed by atoms with Gasteiger partial charge in [0.2, 0.25) is 0 Å². The average molecular weight is 349 g/mol. The lowest BCUT2D eigenvalue weighted by atomic mass is 10.4. The molecule has 0 saturated heterocycles. The number of nitrogens with zero attached hydrogens (tertiary/aromatic N) is 2. The fourth-order valence-electron chi connectivity index (χ4n) is 1.04. The lowest BCUT2D eigenvalue weighted by Crippen LogP contribution is -2.01. The first-order chi connectivity index (χ1) is 7.25. The van der Waals surface area contributed by atoms with Gasteiger partial charge in [0.25, 0.3) is 0 Å². The van der Waals surface area contributed by atoms with Gasteiger partial charge < -0.3 is 5.32 Å². The molecule has 0 saturated carbocycles. The Hall–Kier alpha value is -0.460. The number of aromatic nitrogens is 2. The highest BCUT2D eigenvalue weighted by molar-refractivity contribution is 9.11. The molecule has 2 aromatic rings. The van der Waals surface area contributed by atoms with E-state index < -0.39 is 0 Å².